The Morgan fingerprint density at radius 3 is 2.89 bits per heavy atom. The summed E-state index contributed by atoms with van der Waals surface area (Å²) < 4.78 is 0. The number of nitrogens with zero attached hydrogens (tertiary/aromatic N) is 1. The number of benzene rings is 1. The number of hydrogen-bond donors (Lipinski definition) is 0. The quantitative estimate of drug-likeness (QED) is 0.461. The summed E-state index contributed by atoms with van der Waals surface area (Å²) in [6.45, 7) is 2.23. The monoisotopic (exact) mass is 281 g/mol. The summed E-state index contributed by atoms with van der Waals surface area (Å²) in [4.78, 5) is 10.5. The van der Waals surface area contributed by atoms with Crippen LogP contribution in [0.15, 0.2) is 24.3 Å². The van der Waals surface area contributed by atoms with Crippen LogP contribution in [0.1, 0.15) is 38.2 Å². The summed E-state index contributed by atoms with van der Waals surface area (Å²) in [6.07, 6.45) is 5.49. The van der Waals surface area contributed by atoms with Crippen molar-refractivity contribution in [2.24, 2.45) is 11.8 Å². The highest BCUT2D eigenvalue weighted by atomic mass is 35.5. The number of rotatable bonds is 4. The van der Waals surface area contributed by atoms with Crippen LogP contribution < -0.4 is 0 Å². The zero-order chi connectivity index (χ0) is 13.8. The predicted octanol–water partition coefficient (Wildman–Crippen LogP) is 4.57. The maximum Gasteiger partial charge on any atom is 0.269 e. The van der Waals surface area contributed by atoms with E-state index in [1.54, 1.807) is 12.1 Å². The van der Waals surface area contributed by atoms with Crippen LogP contribution in [0, 0.1) is 22.0 Å². The van der Waals surface area contributed by atoms with Crippen LogP contribution in [0.2, 0.25) is 0 Å². The molecule has 0 saturated heterocycles. The van der Waals surface area contributed by atoms with Gasteiger partial charge in [-0.25, -0.2) is 0 Å². The standard InChI is InChI=1S/C15H20ClNO2/c1-2-11-6-7-15(16)13(8-11)9-12-4-3-5-14(10-12)17(18)19/h3-5,10-11,13,15H,2,6-9H2,1H3. The zero-order valence-corrected chi connectivity index (χ0v) is 12.0. The number of halogens is 1. The van der Waals surface area contributed by atoms with Gasteiger partial charge in [-0.3, -0.25) is 10.1 Å². The fraction of sp³-hybridized carbons (Fsp3) is 0.600. The van der Waals surface area contributed by atoms with Gasteiger partial charge in [-0.2, -0.15) is 0 Å². The van der Waals surface area contributed by atoms with Crippen molar-refractivity contribution in [3.63, 3.8) is 0 Å². The average molecular weight is 282 g/mol. The molecule has 4 heteroatoms. The Balaban J connectivity index is 2.06. The predicted molar refractivity (Wildman–Crippen MR) is 77.6 cm³/mol. The van der Waals surface area contributed by atoms with Crippen LogP contribution in [0.25, 0.3) is 0 Å². The first kappa shape index (κ1) is 14.3. The molecular formula is C15H20ClNO2. The second kappa shape index (κ2) is 6.38. The van der Waals surface area contributed by atoms with Crippen LogP contribution in [0.4, 0.5) is 5.69 Å². The Kier molecular flexibility index (Phi) is 4.81. The minimum Gasteiger partial charge on any atom is -0.258 e. The Labute approximate surface area is 119 Å². The number of alkyl halides is 1. The molecule has 1 fully saturated rings. The Bertz CT molecular complexity index is 450. The molecule has 1 aromatic carbocycles. The Hall–Kier alpha value is -1.09. The maximum absolute atomic E-state index is 10.8. The van der Waals surface area contributed by atoms with Crippen LogP contribution in [-0.4, -0.2) is 10.3 Å². The molecule has 0 aliphatic heterocycles. The largest absolute Gasteiger partial charge is 0.269 e. The molecule has 0 radical (unpaired) electrons. The molecule has 0 bridgehead atoms. The highest BCUT2D eigenvalue weighted by Crippen LogP contribution is 2.36. The van der Waals surface area contributed by atoms with Crippen molar-refractivity contribution in [3.8, 4) is 0 Å². The van der Waals surface area contributed by atoms with Gasteiger partial charge >= 0.3 is 0 Å². The van der Waals surface area contributed by atoms with Gasteiger partial charge in [-0.15, -0.1) is 11.6 Å². The summed E-state index contributed by atoms with van der Waals surface area (Å²) in [7, 11) is 0. The molecule has 19 heavy (non-hydrogen) atoms. The second-order valence-electron chi connectivity index (χ2n) is 5.49. The van der Waals surface area contributed by atoms with Crippen molar-refractivity contribution in [3.05, 3.63) is 39.9 Å². The van der Waals surface area contributed by atoms with E-state index in [9.17, 15) is 10.1 Å². The minimum atomic E-state index is -0.336. The molecule has 0 aromatic heterocycles. The lowest BCUT2D eigenvalue weighted by molar-refractivity contribution is -0.384. The van der Waals surface area contributed by atoms with Gasteiger partial charge in [-0.1, -0.05) is 25.5 Å². The Morgan fingerprint density at radius 2 is 2.21 bits per heavy atom. The van der Waals surface area contributed by atoms with Crippen molar-refractivity contribution in [1.29, 1.82) is 0 Å². The van der Waals surface area contributed by atoms with Gasteiger partial charge in [0.15, 0.2) is 0 Å². The summed E-state index contributed by atoms with van der Waals surface area (Å²) in [5.74, 6) is 1.21. The van der Waals surface area contributed by atoms with E-state index < -0.39 is 0 Å². The summed E-state index contributed by atoms with van der Waals surface area (Å²) >= 11 is 6.42. The highest BCUT2D eigenvalue weighted by Gasteiger charge is 2.28. The first-order chi connectivity index (χ1) is 9.10. The van der Waals surface area contributed by atoms with E-state index in [0.717, 1.165) is 30.7 Å². The average Bonchev–Trinajstić information content (AvgIpc) is 2.41. The first-order valence-corrected chi connectivity index (χ1v) is 7.41. The molecule has 0 heterocycles. The minimum absolute atomic E-state index is 0.173. The fourth-order valence-electron chi connectivity index (χ4n) is 3.01. The van der Waals surface area contributed by atoms with Gasteiger partial charge < -0.3 is 0 Å². The zero-order valence-electron chi connectivity index (χ0n) is 11.2. The normalized spacial score (nSPS) is 27.2. The molecule has 3 atom stereocenters. The molecule has 3 nitrogen and oxygen atoms in total. The van der Waals surface area contributed by atoms with E-state index in [1.807, 2.05) is 6.07 Å². The van der Waals surface area contributed by atoms with E-state index >= 15 is 0 Å². The third kappa shape index (κ3) is 3.69. The van der Waals surface area contributed by atoms with Gasteiger partial charge in [0.2, 0.25) is 0 Å². The third-order valence-electron chi connectivity index (χ3n) is 4.19. The molecule has 0 N–H and O–H groups in total. The number of nitro groups is 1. The third-order valence-corrected chi connectivity index (χ3v) is 4.77. The molecule has 3 unspecified atom stereocenters. The van der Waals surface area contributed by atoms with E-state index in [1.165, 1.54) is 18.9 Å². The summed E-state index contributed by atoms with van der Waals surface area (Å²) in [5, 5.41) is 11.0. The molecule has 1 saturated carbocycles. The molecule has 1 aromatic rings. The number of nitro benzene ring substituents is 1. The second-order valence-corrected chi connectivity index (χ2v) is 6.06. The van der Waals surface area contributed by atoms with Crippen LogP contribution in [0.5, 0.6) is 0 Å². The van der Waals surface area contributed by atoms with E-state index in [-0.39, 0.29) is 16.0 Å². The first-order valence-electron chi connectivity index (χ1n) is 6.97. The van der Waals surface area contributed by atoms with Crippen LogP contribution in [0.3, 0.4) is 0 Å². The van der Waals surface area contributed by atoms with Crippen molar-refractivity contribution in [1.82, 2.24) is 0 Å². The molecular weight excluding hydrogens is 262 g/mol. The number of hydrogen-bond acceptors (Lipinski definition) is 2. The molecule has 1 aliphatic rings. The lowest BCUT2D eigenvalue weighted by Crippen LogP contribution is -2.26. The topological polar surface area (TPSA) is 43.1 Å². The van der Waals surface area contributed by atoms with Gasteiger partial charge in [-0.05, 0) is 43.1 Å². The number of non-ortho nitro benzene ring substituents is 1. The molecule has 1 aliphatic carbocycles. The van der Waals surface area contributed by atoms with Gasteiger partial charge in [0.1, 0.15) is 0 Å². The molecule has 2 rings (SSSR count). The summed E-state index contributed by atoms with van der Waals surface area (Å²) in [6, 6.07) is 6.94. The Morgan fingerprint density at radius 1 is 1.42 bits per heavy atom. The van der Waals surface area contributed by atoms with E-state index in [2.05, 4.69) is 6.92 Å². The maximum atomic E-state index is 10.8. The van der Waals surface area contributed by atoms with Crippen molar-refractivity contribution >= 4 is 17.3 Å². The molecule has 104 valence electrons. The SMILES string of the molecule is CCC1CCC(Cl)C(Cc2cccc([N+](=O)[O-])c2)C1. The fourth-order valence-corrected chi connectivity index (χ4v) is 3.32. The van der Waals surface area contributed by atoms with Crippen LogP contribution in [-0.2, 0) is 6.42 Å². The van der Waals surface area contributed by atoms with Gasteiger partial charge in [0, 0.05) is 17.5 Å². The van der Waals surface area contributed by atoms with Crippen molar-refractivity contribution < 1.29 is 4.92 Å². The van der Waals surface area contributed by atoms with Crippen LogP contribution >= 0.6 is 11.6 Å². The molecule has 0 amide bonds. The summed E-state index contributed by atoms with van der Waals surface area (Å²) in [5.41, 5.74) is 1.20. The van der Waals surface area contributed by atoms with E-state index in [4.69, 9.17) is 11.6 Å². The van der Waals surface area contributed by atoms with Gasteiger partial charge in [0.25, 0.3) is 5.69 Å². The van der Waals surface area contributed by atoms with E-state index in [0.29, 0.717) is 5.92 Å². The van der Waals surface area contributed by atoms with Gasteiger partial charge in [0.05, 0.1) is 4.92 Å². The lowest BCUT2D eigenvalue weighted by atomic mass is 9.77. The lowest BCUT2D eigenvalue weighted by Gasteiger charge is -2.32. The van der Waals surface area contributed by atoms with Crippen molar-refractivity contribution in [2.75, 3.05) is 0 Å². The molecule has 0 spiro atoms. The smallest absolute Gasteiger partial charge is 0.258 e. The highest BCUT2D eigenvalue weighted by molar-refractivity contribution is 6.20. The van der Waals surface area contributed by atoms with Crippen molar-refractivity contribution in [2.45, 2.75) is 44.4 Å².